The van der Waals surface area contributed by atoms with Crippen LogP contribution in [0.4, 0.5) is 0 Å². The number of rotatable bonds is 2. The Bertz CT molecular complexity index is 449. The van der Waals surface area contributed by atoms with Gasteiger partial charge in [-0.1, -0.05) is 0 Å². The van der Waals surface area contributed by atoms with Crippen LogP contribution in [-0.2, 0) is 7.05 Å². The van der Waals surface area contributed by atoms with E-state index in [1.165, 1.54) is 17.2 Å². The highest BCUT2D eigenvalue weighted by molar-refractivity contribution is 6.06. The fourth-order valence-corrected chi connectivity index (χ4v) is 1.15. The summed E-state index contributed by atoms with van der Waals surface area (Å²) in [6.07, 6.45) is 4.47. The van der Waals surface area contributed by atoms with Gasteiger partial charge in [0.15, 0.2) is 0 Å². The molecule has 0 atom stereocenters. The average Bonchev–Trinajstić information content (AvgIpc) is 2.65. The first-order valence-electron chi connectivity index (χ1n) is 4.08. The maximum absolute atomic E-state index is 11.8. The number of nitrogens with zero attached hydrogens (tertiary/aromatic N) is 4. The van der Waals surface area contributed by atoms with E-state index in [2.05, 4.69) is 15.1 Å². The van der Waals surface area contributed by atoms with E-state index >= 15 is 0 Å². The molecule has 0 saturated heterocycles. The highest BCUT2D eigenvalue weighted by atomic mass is 16.1. The summed E-state index contributed by atoms with van der Waals surface area (Å²) in [6.45, 7) is 0. The quantitative estimate of drug-likeness (QED) is 0.641. The number of aromatic nitrogens is 4. The fraction of sp³-hybridized carbons (Fsp3) is 0.111. The number of ketones is 1. The molecule has 5 heteroatoms. The lowest BCUT2D eigenvalue weighted by atomic mass is 10.2. The van der Waals surface area contributed by atoms with Gasteiger partial charge in [0.1, 0.15) is 17.7 Å². The van der Waals surface area contributed by atoms with Gasteiger partial charge in [-0.05, 0) is 12.1 Å². The molecule has 0 spiro atoms. The van der Waals surface area contributed by atoms with Crippen LogP contribution in [0.3, 0.4) is 0 Å². The molecule has 0 amide bonds. The smallest absolute Gasteiger partial charge is 0.229 e. The van der Waals surface area contributed by atoms with E-state index in [9.17, 15) is 4.79 Å². The first kappa shape index (κ1) is 8.55. The summed E-state index contributed by atoms with van der Waals surface area (Å²) in [6, 6.07) is 3.24. The standard InChI is InChI=1S/C9H8N4O/c1-13-8(3-5-12-13)9(14)7-2-4-10-6-11-7/h2-6H,1H3. The number of carbonyl (C=O) groups excluding carboxylic acids is 1. The lowest BCUT2D eigenvalue weighted by Gasteiger charge is -1.99. The maximum Gasteiger partial charge on any atom is 0.229 e. The van der Waals surface area contributed by atoms with E-state index in [4.69, 9.17) is 0 Å². The molecular formula is C9H8N4O. The highest BCUT2D eigenvalue weighted by Crippen LogP contribution is 2.04. The van der Waals surface area contributed by atoms with Crippen molar-refractivity contribution in [1.29, 1.82) is 0 Å². The van der Waals surface area contributed by atoms with E-state index in [1.54, 1.807) is 25.4 Å². The summed E-state index contributed by atoms with van der Waals surface area (Å²) in [5.74, 6) is -0.146. The minimum Gasteiger partial charge on any atom is -0.285 e. The summed E-state index contributed by atoms with van der Waals surface area (Å²) in [5.41, 5.74) is 0.896. The maximum atomic E-state index is 11.8. The molecule has 0 radical (unpaired) electrons. The molecule has 0 fully saturated rings. The normalized spacial score (nSPS) is 10.1. The third-order valence-corrected chi connectivity index (χ3v) is 1.87. The van der Waals surface area contributed by atoms with Gasteiger partial charge < -0.3 is 0 Å². The Balaban J connectivity index is 2.39. The molecular weight excluding hydrogens is 180 g/mol. The molecule has 0 aromatic carbocycles. The predicted octanol–water partition coefficient (Wildman–Crippen LogP) is 0.441. The molecule has 0 N–H and O–H groups in total. The fourth-order valence-electron chi connectivity index (χ4n) is 1.15. The molecule has 0 aliphatic heterocycles. The average molecular weight is 188 g/mol. The van der Waals surface area contributed by atoms with Gasteiger partial charge in [0, 0.05) is 19.4 Å². The van der Waals surface area contributed by atoms with Gasteiger partial charge in [-0.25, -0.2) is 9.97 Å². The molecule has 0 aliphatic rings. The molecule has 2 aromatic rings. The summed E-state index contributed by atoms with van der Waals surface area (Å²) in [4.78, 5) is 19.4. The minimum atomic E-state index is -0.146. The van der Waals surface area contributed by atoms with Crippen LogP contribution in [0.15, 0.2) is 30.9 Å². The second kappa shape index (κ2) is 3.37. The van der Waals surface area contributed by atoms with E-state index in [0.29, 0.717) is 11.4 Å². The Morgan fingerprint density at radius 3 is 2.79 bits per heavy atom. The molecule has 2 heterocycles. The summed E-state index contributed by atoms with van der Waals surface area (Å²) in [5, 5.41) is 3.92. The van der Waals surface area contributed by atoms with Crippen molar-refractivity contribution in [2.45, 2.75) is 0 Å². The van der Waals surface area contributed by atoms with Gasteiger partial charge in [0.2, 0.25) is 5.78 Å². The first-order valence-corrected chi connectivity index (χ1v) is 4.08. The van der Waals surface area contributed by atoms with Gasteiger partial charge >= 0.3 is 0 Å². The van der Waals surface area contributed by atoms with Crippen molar-refractivity contribution in [1.82, 2.24) is 19.7 Å². The largest absolute Gasteiger partial charge is 0.285 e. The molecule has 2 rings (SSSR count). The van der Waals surface area contributed by atoms with Crippen molar-refractivity contribution < 1.29 is 4.79 Å². The molecule has 70 valence electrons. The topological polar surface area (TPSA) is 60.7 Å². The molecule has 0 unspecified atom stereocenters. The van der Waals surface area contributed by atoms with Gasteiger partial charge in [-0.3, -0.25) is 9.48 Å². The molecule has 5 nitrogen and oxygen atoms in total. The zero-order valence-electron chi connectivity index (χ0n) is 7.58. The molecule has 0 bridgehead atoms. The van der Waals surface area contributed by atoms with E-state index in [0.717, 1.165) is 0 Å². The van der Waals surface area contributed by atoms with Crippen molar-refractivity contribution in [3.63, 3.8) is 0 Å². The number of carbonyl (C=O) groups is 1. The Hall–Kier alpha value is -2.04. The van der Waals surface area contributed by atoms with E-state index in [-0.39, 0.29) is 5.78 Å². The van der Waals surface area contributed by atoms with Crippen molar-refractivity contribution in [3.8, 4) is 0 Å². The van der Waals surface area contributed by atoms with Crippen LogP contribution in [-0.4, -0.2) is 25.5 Å². The van der Waals surface area contributed by atoms with Gasteiger partial charge in [-0.2, -0.15) is 5.10 Å². The first-order chi connectivity index (χ1) is 6.79. The van der Waals surface area contributed by atoms with Crippen molar-refractivity contribution in [2.24, 2.45) is 7.05 Å². The minimum absolute atomic E-state index is 0.146. The Kier molecular flexibility index (Phi) is 2.06. The SMILES string of the molecule is Cn1nccc1C(=O)c1ccncn1. The lowest BCUT2D eigenvalue weighted by Crippen LogP contribution is -2.09. The van der Waals surface area contributed by atoms with Gasteiger partial charge in [0.25, 0.3) is 0 Å². The van der Waals surface area contributed by atoms with Crippen LogP contribution in [0, 0.1) is 0 Å². The Morgan fingerprint density at radius 1 is 1.36 bits per heavy atom. The molecule has 2 aromatic heterocycles. The van der Waals surface area contributed by atoms with Crippen LogP contribution in [0.2, 0.25) is 0 Å². The monoisotopic (exact) mass is 188 g/mol. The zero-order chi connectivity index (χ0) is 9.97. The van der Waals surface area contributed by atoms with E-state index < -0.39 is 0 Å². The highest BCUT2D eigenvalue weighted by Gasteiger charge is 2.12. The second-order valence-corrected chi connectivity index (χ2v) is 2.76. The van der Waals surface area contributed by atoms with Gasteiger partial charge in [0.05, 0.1) is 0 Å². The van der Waals surface area contributed by atoms with Crippen LogP contribution in [0.5, 0.6) is 0 Å². The second-order valence-electron chi connectivity index (χ2n) is 2.76. The van der Waals surface area contributed by atoms with Crippen molar-refractivity contribution in [2.75, 3.05) is 0 Å². The summed E-state index contributed by atoms with van der Waals surface area (Å²) >= 11 is 0. The van der Waals surface area contributed by atoms with Gasteiger partial charge in [-0.15, -0.1) is 0 Å². The predicted molar refractivity (Wildman–Crippen MR) is 48.7 cm³/mol. The third kappa shape index (κ3) is 1.39. The van der Waals surface area contributed by atoms with Crippen LogP contribution in [0.25, 0.3) is 0 Å². The zero-order valence-corrected chi connectivity index (χ0v) is 7.58. The summed E-state index contributed by atoms with van der Waals surface area (Å²) in [7, 11) is 1.72. The Labute approximate surface area is 80.4 Å². The van der Waals surface area contributed by atoms with Crippen LogP contribution < -0.4 is 0 Å². The number of aryl methyl sites for hydroxylation is 1. The Morgan fingerprint density at radius 2 is 2.21 bits per heavy atom. The van der Waals surface area contributed by atoms with E-state index in [1.807, 2.05) is 0 Å². The molecule has 14 heavy (non-hydrogen) atoms. The lowest BCUT2D eigenvalue weighted by molar-refractivity contribution is 0.102. The third-order valence-electron chi connectivity index (χ3n) is 1.87. The summed E-state index contributed by atoms with van der Waals surface area (Å²) < 4.78 is 1.52. The number of hydrogen-bond donors (Lipinski definition) is 0. The van der Waals surface area contributed by atoms with Crippen LogP contribution >= 0.6 is 0 Å². The van der Waals surface area contributed by atoms with Crippen molar-refractivity contribution in [3.05, 3.63) is 42.2 Å². The van der Waals surface area contributed by atoms with Crippen LogP contribution in [0.1, 0.15) is 16.2 Å². The molecule has 0 saturated carbocycles. The van der Waals surface area contributed by atoms with Crippen molar-refractivity contribution >= 4 is 5.78 Å². The molecule has 0 aliphatic carbocycles. The number of hydrogen-bond acceptors (Lipinski definition) is 4.